The van der Waals surface area contributed by atoms with Crippen LogP contribution in [-0.4, -0.2) is 42.4 Å². The largest absolute Gasteiger partial charge is 0.381 e. The van der Waals surface area contributed by atoms with Gasteiger partial charge in [-0.1, -0.05) is 0 Å². The van der Waals surface area contributed by atoms with E-state index in [0.717, 1.165) is 6.42 Å². The maximum Gasteiger partial charge on any atom is 0.170 e. The molecular formula is C16H28O4. The van der Waals surface area contributed by atoms with E-state index >= 15 is 0 Å². The molecule has 0 amide bonds. The smallest absolute Gasteiger partial charge is 0.170 e. The van der Waals surface area contributed by atoms with Crippen molar-refractivity contribution in [2.45, 2.75) is 70.7 Å². The Balaban J connectivity index is 2.23. The third-order valence-electron chi connectivity index (χ3n) is 4.56. The normalized spacial score (nSPS) is 31.1. The highest BCUT2D eigenvalue weighted by atomic mass is 16.5. The lowest BCUT2D eigenvalue weighted by molar-refractivity contribution is -0.166. The maximum absolute atomic E-state index is 13.2. The summed E-state index contributed by atoms with van der Waals surface area (Å²) in [6, 6.07) is 0. The first kappa shape index (κ1) is 15.9. The lowest BCUT2D eigenvalue weighted by Gasteiger charge is -2.39. The summed E-state index contributed by atoms with van der Waals surface area (Å²) in [5.41, 5.74) is -1.34. The summed E-state index contributed by atoms with van der Waals surface area (Å²) in [5.74, 6) is 0.0976. The number of carbonyl (C=O) groups excluding carboxylic acids is 1. The number of ether oxygens (including phenoxy) is 3. The summed E-state index contributed by atoms with van der Waals surface area (Å²) in [6.45, 7) is 11.9. The third-order valence-corrected chi connectivity index (χ3v) is 4.56. The van der Waals surface area contributed by atoms with Crippen LogP contribution in [0.15, 0.2) is 0 Å². The van der Waals surface area contributed by atoms with Gasteiger partial charge < -0.3 is 14.2 Å². The fourth-order valence-electron chi connectivity index (χ4n) is 3.73. The zero-order valence-corrected chi connectivity index (χ0v) is 13.5. The number of carbonyl (C=O) groups is 1. The molecule has 2 rings (SSSR count). The number of Topliss-reactive ketones (excluding diaryl/α,β-unsaturated/α-hetero) is 1. The highest BCUT2D eigenvalue weighted by molar-refractivity contribution is 5.91. The van der Waals surface area contributed by atoms with Crippen LogP contribution < -0.4 is 0 Å². The van der Waals surface area contributed by atoms with E-state index in [-0.39, 0.29) is 17.3 Å². The second-order valence-electron chi connectivity index (χ2n) is 7.13. The van der Waals surface area contributed by atoms with Crippen molar-refractivity contribution in [3.63, 3.8) is 0 Å². The van der Waals surface area contributed by atoms with E-state index < -0.39 is 11.2 Å². The highest BCUT2D eigenvalue weighted by Gasteiger charge is 2.55. The fraction of sp³-hybridized carbons (Fsp3) is 0.938. The Morgan fingerprint density at radius 1 is 1.20 bits per heavy atom. The van der Waals surface area contributed by atoms with Crippen LogP contribution in [0.3, 0.4) is 0 Å². The van der Waals surface area contributed by atoms with Gasteiger partial charge in [-0.15, -0.1) is 0 Å². The maximum atomic E-state index is 13.2. The molecule has 1 unspecified atom stereocenters. The number of ketones is 1. The average molecular weight is 284 g/mol. The molecule has 0 aromatic rings. The van der Waals surface area contributed by atoms with Crippen LogP contribution in [-0.2, 0) is 19.0 Å². The Kier molecular flexibility index (Phi) is 4.30. The van der Waals surface area contributed by atoms with Crippen molar-refractivity contribution in [3.8, 4) is 0 Å². The topological polar surface area (TPSA) is 44.8 Å². The lowest BCUT2D eigenvalue weighted by Crippen LogP contribution is -2.52. The Labute approximate surface area is 122 Å². The van der Waals surface area contributed by atoms with Crippen molar-refractivity contribution in [2.24, 2.45) is 5.92 Å². The molecule has 0 aliphatic carbocycles. The predicted octanol–water partition coefficient (Wildman–Crippen LogP) is 2.73. The zero-order valence-electron chi connectivity index (χ0n) is 13.5. The second-order valence-corrected chi connectivity index (χ2v) is 7.13. The van der Waals surface area contributed by atoms with Gasteiger partial charge in [0.1, 0.15) is 5.60 Å². The van der Waals surface area contributed by atoms with E-state index in [1.807, 2.05) is 20.8 Å². The van der Waals surface area contributed by atoms with E-state index in [2.05, 4.69) is 13.8 Å². The summed E-state index contributed by atoms with van der Waals surface area (Å²) in [6.07, 6.45) is 2.08. The molecule has 116 valence electrons. The lowest BCUT2D eigenvalue weighted by atomic mass is 9.75. The van der Waals surface area contributed by atoms with Gasteiger partial charge in [0.15, 0.2) is 5.78 Å². The summed E-state index contributed by atoms with van der Waals surface area (Å²) in [4.78, 5) is 13.2. The minimum Gasteiger partial charge on any atom is -0.381 e. The van der Waals surface area contributed by atoms with Crippen molar-refractivity contribution in [1.82, 2.24) is 0 Å². The molecule has 4 nitrogen and oxygen atoms in total. The molecule has 2 fully saturated rings. The van der Waals surface area contributed by atoms with Crippen molar-refractivity contribution in [1.29, 1.82) is 0 Å². The first-order chi connectivity index (χ1) is 9.22. The van der Waals surface area contributed by atoms with Crippen LogP contribution in [0, 0.1) is 5.92 Å². The van der Waals surface area contributed by atoms with Gasteiger partial charge in [-0.25, -0.2) is 0 Å². The van der Waals surface area contributed by atoms with Crippen LogP contribution in [0.1, 0.15) is 53.9 Å². The molecule has 20 heavy (non-hydrogen) atoms. The second kappa shape index (κ2) is 5.39. The molecule has 0 spiro atoms. The summed E-state index contributed by atoms with van der Waals surface area (Å²) in [5, 5.41) is 0. The summed E-state index contributed by atoms with van der Waals surface area (Å²) >= 11 is 0. The summed E-state index contributed by atoms with van der Waals surface area (Å²) in [7, 11) is 0. The monoisotopic (exact) mass is 284 g/mol. The average Bonchev–Trinajstić information content (AvgIpc) is 2.58. The van der Waals surface area contributed by atoms with Crippen LogP contribution in [0.2, 0.25) is 0 Å². The fourth-order valence-corrected chi connectivity index (χ4v) is 3.73. The quantitative estimate of drug-likeness (QED) is 0.796. The molecule has 2 aliphatic heterocycles. The molecule has 2 saturated heterocycles. The molecule has 4 heteroatoms. The molecule has 0 aromatic heterocycles. The number of hydrogen-bond acceptors (Lipinski definition) is 4. The van der Waals surface area contributed by atoms with Crippen molar-refractivity contribution >= 4 is 5.78 Å². The first-order valence-corrected chi connectivity index (χ1v) is 7.69. The van der Waals surface area contributed by atoms with E-state index in [1.165, 1.54) is 0 Å². The van der Waals surface area contributed by atoms with Gasteiger partial charge in [-0.2, -0.15) is 0 Å². The molecule has 0 saturated carbocycles. The van der Waals surface area contributed by atoms with Crippen LogP contribution in [0.5, 0.6) is 0 Å². The van der Waals surface area contributed by atoms with Crippen LogP contribution in [0.4, 0.5) is 0 Å². The molecule has 2 heterocycles. The molecule has 0 aromatic carbocycles. The number of hydrogen-bond donors (Lipinski definition) is 0. The van der Waals surface area contributed by atoms with Gasteiger partial charge in [0.2, 0.25) is 0 Å². The van der Waals surface area contributed by atoms with Gasteiger partial charge in [0.25, 0.3) is 0 Å². The van der Waals surface area contributed by atoms with Crippen molar-refractivity contribution < 1.29 is 19.0 Å². The zero-order chi connectivity index (χ0) is 15.0. The Morgan fingerprint density at radius 3 is 2.25 bits per heavy atom. The molecule has 0 N–H and O–H groups in total. The van der Waals surface area contributed by atoms with Gasteiger partial charge >= 0.3 is 0 Å². The minimum absolute atomic E-state index is 0.109. The van der Waals surface area contributed by atoms with Gasteiger partial charge in [0, 0.05) is 32.7 Å². The Morgan fingerprint density at radius 2 is 1.80 bits per heavy atom. The van der Waals surface area contributed by atoms with Crippen molar-refractivity contribution in [2.75, 3.05) is 19.8 Å². The van der Waals surface area contributed by atoms with Gasteiger partial charge in [-0.3, -0.25) is 4.79 Å². The van der Waals surface area contributed by atoms with E-state index in [9.17, 15) is 4.79 Å². The van der Waals surface area contributed by atoms with E-state index in [4.69, 9.17) is 14.2 Å². The third kappa shape index (κ3) is 2.92. The SMILES string of the molecule is CCOC1(C(=O)C2CC(C)(C)OC2(C)C)CCOCC1. The van der Waals surface area contributed by atoms with Crippen LogP contribution >= 0.6 is 0 Å². The minimum atomic E-state index is -0.668. The Bertz CT molecular complexity index is 361. The number of rotatable bonds is 4. The van der Waals surface area contributed by atoms with Gasteiger partial charge in [-0.05, 0) is 41.0 Å². The van der Waals surface area contributed by atoms with E-state index in [0.29, 0.717) is 32.7 Å². The molecule has 0 radical (unpaired) electrons. The molecule has 2 aliphatic rings. The molecule has 0 bridgehead atoms. The van der Waals surface area contributed by atoms with Gasteiger partial charge in [0.05, 0.1) is 17.1 Å². The predicted molar refractivity (Wildman–Crippen MR) is 76.8 cm³/mol. The molecule has 1 atom stereocenters. The van der Waals surface area contributed by atoms with E-state index in [1.54, 1.807) is 0 Å². The van der Waals surface area contributed by atoms with Crippen molar-refractivity contribution in [3.05, 3.63) is 0 Å². The highest BCUT2D eigenvalue weighted by Crippen LogP contribution is 2.45. The van der Waals surface area contributed by atoms with Crippen LogP contribution in [0.25, 0.3) is 0 Å². The standard InChI is InChI=1S/C16H28O4/c1-6-19-16(7-9-18-10-8-16)13(17)12-11-14(2,3)20-15(12,4)5/h12H,6-11H2,1-5H3. The Hall–Kier alpha value is -0.450. The summed E-state index contributed by atoms with van der Waals surface area (Å²) < 4.78 is 17.4. The molecular weight excluding hydrogens is 256 g/mol. The first-order valence-electron chi connectivity index (χ1n) is 7.69.